The average Bonchev–Trinajstić information content (AvgIpc) is 2.86. The zero-order chi connectivity index (χ0) is 17.9. The quantitative estimate of drug-likeness (QED) is 0.633. The number of rotatable bonds is 5. The molecule has 6 nitrogen and oxygen atoms in total. The van der Waals surface area contributed by atoms with E-state index in [2.05, 4.69) is 15.5 Å². The first-order chi connectivity index (χ1) is 11.2. The molecule has 0 aliphatic rings. The number of carbonyl (C=O) groups is 1. The van der Waals surface area contributed by atoms with Gasteiger partial charge in [-0.15, -0.1) is 10.2 Å². The van der Waals surface area contributed by atoms with Crippen LogP contribution in [0, 0.1) is 0 Å². The zero-order valence-corrected chi connectivity index (χ0v) is 13.8. The maximum Gasteiger partial charge on any atom is 0.453 e. The van der Waals surface area contributed by atoms with E-state index in [0.29, 0.717) is 16.3 Å². The lowest BCUT2D eigenvalue weighted by atomic mass is 10.0. The van der Waals surface area contributed by atoms with Gasteiger partial charge >= 0.3 is 6.18 Å². The summed E-state index contributed by atoms with van der Waals surface area (Å²) < 4.78 is 38.0. The Kier molecular flexibility index (Phi) is 5.37. The Hall–Kier alpha value is -2.23. The fourth-order valence-electron chi connectivity index (χ4n) is 1.87. The maximum atomic E-state index is 12.6. The number of carbonyl (C=O) groups excluding carboxylic acids is 1. The van der Waals surface area contributed by atoms with Crippen molar-refractivity contribution in [1.82, 2.24) is 14.9 Å². The molecule has 0 saturated carbocycles. The van der Waals surface area contributed by atoms with E-state index in [1.165, 1.54) is 0 Å². The molecule has 3 N–H and O–H groups in total. The van der Waals surface area contributed by atoms with Gasteiger partial charge in [-0.25, -0.2) is 4.68 Å². The number of alkyl halides is 3. The SMILES string of the molecule is CC(C)c1cccc(NC(=O)CSc2nnc(C(F)(F)F)n2N)c1. The van der Waals surface area contributed by atoms with Gasteiger partial charge in [-0.1, -0.05) is 37.7 Å². The molecule has 1 aromatic carbocycles. The van der Waals surface area contributed by atoms with Crippen molar-refractivity contribution in [3.63, 3.8) is 0 Å². The molecule has 2 rings (SSSR count). The third-order valence-corrected chi connectivity index (χ3v) is 4.03. The van der Waals surface area contributed by atoms with Crippen molar-refractivity contribution in [2.24, 2.45) is 0 Å². The highest BCUT2D eigenvalue weighted by atomic mass is 32.2. The van der Waals surface area contributed by atoms with Crippen LogP contribution in [0.3, 0.4) is 0 Å². The number of halogens is 3. The lowest BCUT2D eigenvalue weighted by Crippen LogP contribution is -2.22. The van der Waals surface area contributed by atoms with Gasteiger partial charge in [0, 0.05) is 5.69 Å². The van der Waals surface area contributed by atoms with Gasteiger partial charge in [-0.3, -0.25) is 4.79 Å². The van der Waals surface area contributed by atoms with Gasteiger partial charge < -0.3 is 11.2 Å². The first kappa shape index (κ1) is 18.1. The van der Waals surface area contributed by atoms with Crippen LogP contribution in [0.5, 0.6) is 0 Å². The minimum atomic E-state index is -4.69. The number of amides is 1. The van der Waals surface area contributed by atoms with Crippen LogP contribution in [-0.2, 0) is 11.0 Å². The second-order valence-corrected chi connectivity index (χ2v) is 6.23. The first-order valence-corrected chi connectivity index (χ1v) is 7.97. The molecule has 0 atom stereocenters. The van der Waals surface area contributed by atoms with Crippen molar-refractivity contribution in [1.29, 1.82) is 0 Å². The summed E-state index contributed by atoms with van der Waals surface area (Å²) in [5, 5.41) is 8.84. The minimum absolute atomic E-state index is 0.140. The van der Waals surface area contributed by atoms with E-state index in [1.54, 1.807) is 6.07 Å². The summed E-state index contributed by atoms with van der Waals surface area (Å²) in [7, 11) is 0. The van der Waals surface area contributed by atoms with Gasteiger partial charge in [-0.2, -0.15) is 13.2 Å². The van der Waals surface area contributed by atoms with Crippen molar-refractivity contribution < 1.29 is 18.0 Å². The van der Waals surface area contributed by atoms with E-state index in [9.17, 15) is 18.0 Å². The molecule has 0 unspecified atom stereocenters. The number of benzene rings is 1. The van der Waals surface area contributed by atoms with Gasteiger partial charge in [0.15, 0.2) is 0 Å². The molecule has 1 amide bonds. The first-order valence-electron chi connectivity index (χ1n) is 6.98. The number of nitrogens with one attached hydrogen (secondary N) is 1. The van der Waals surface area contributed by atoms with Crippen molar-refractivity contribution in [3.8, 4) is 0 Å². The van der Waals surface area contributed by atoms with Crippen molar-refractivity contribution >= 4 is 23.4 Å². The number of nitrogens with zero attached hydrogens (tertiary/aromatic N) is 3. The van der Waals surface area contributed by atoms with Crippen LogP contribution >= 0.6 is 11.8 Å². The van der Waals surface area contributed by atoms with Crippen LogP contribution in [0.25, 0.3) is 0 Å². The summed E-state index contributed by atoms with van der Waals surface area (Å²) in [6, 6.07) is 7.36. The number of aromatic nitrogens is 3. The highest BCUT2D eigenvalue weighted by Crippen LogP contribution is 2.28. The van der Waals surface area contributed by atoms with Crippen LogP contribution in [0.2, 0.25) is 0 Å². The number of nitrogens with two attached hydrogens (primary N) is 1. The molecule has 0 spiro atoms. The highest BCUT2D eigenvalue weighted by molar-refractivity contribution is 7.99. The van der Waals surface area contributed by atoms with E-state index >= 15 is 0 Å². The molecule has 0 aliphatic heterocycles. The van der Waals surface area contributed by atoms with E-state index in [0.717, 1.165) is 17.3 Å². The fraction of sp³-hybridized carbons (Fsp3) is 0.357. The summed E-state index contributed by atoms with van der Waals surface area (Å²) in [4.78, 5) is 11.9. The van der Waals surface area contributed by atoms with Crippen LogP contribution in [-0.4, -0.2) is 26.5 Å². The molecule has 10 heteroatoms. The van der Waals surface area contributed by atoms with Crippen LogP contribution in [0.15, 0.2) is 29.4 Å². The number of hydrogen-bond donors (Lipinski definition) is 2. The van der Waals surface area contributed by atoms with Gasteiger partial charge in [0.05, 0.1) is 5.75 Å². The Labute approximate surface area is 140 Å². The normalized spacial score (nSPS) is 11.8. The molecule has 1 heterocycles. The number of thioether (sulfide) groups is 1. The third kappa shape index (κ3) is 4.40. The van der Waals surface area contributed by atoms with E-state index in [1.807, 2.05) is 32.0 Å². The Morgan fingerprint density at radius 3 is 2.67 bits per heavy atom. The van der Waals surface area contributed by atoms with Crippen molar-refractivity contribution in [2.75, 3.05) is 16.9 Å². The topological polar surface area (TPSA) is 85.8 Å². The number of anilines is 1. The van der Waals surface area contributed by atoms with Gasteiger partial charge in [0.25, 0.3) is 5.82 Å². The smallest absolute Gasteiger partial charge is 0.335 e. The van der Waals surface area contributed by atoms with Crippen LogP contribution < -0.4 is 11.2 Å². The molecule has 0 saturated heterocycles. The molecule has 0 fully saturated rings. The van der Waals surface area contributed by atoms with Crippen LogP contribution in [0.1, 0.15) is 31.2 Å². The Balaban J connectivity index is 1.97. The molecule has 0 bridgehead atoms. The summed E-state index contributed by atoms with van der Waals surface area (Å²) >= 11 is 0.774. The van der Waals surface area contributed by atoms with Crippen LogP contribution in [0.4, 0.5) is 18.9 Å². The maximum absolute atomic E-state index is 12.6. The van der Waals surface area contributed by atoms with E-state index in [-0.39, 0.29) is 16.8 Å². The molecule has 0 aliphatic carbocycles. The largest absolute Gasteiger partial charge is 0.453 e. The highest BCUT2D eigenvalue weighted by Gasteiger charge is 2.38. The second kappa shape index (κ2) is 7.12. The minimum Gasteiger partial charge on any atom is -0.335 e. The van der Waals surface area contributed by atoms with Gasteiger partial charge in [0.2, 0.25) is 11.1 Å². The molecular formula is C14H16F3N5OS. The molecule has 2 aromatic rings. The Morgan fingerprint density at radius 1 is 1.38 bits per heavy atom. The summed E-state index contributed by atoms with van der Waals surface area (Å²) in [5.41, 5.74) is 1.69. The van der Waals surface area contributed by atoms with Gasteiger partial charge in [-0.05, 0) is 23.6 Å². The standard InChI is InChI=1S/C14H16F3N5OS/c1-8(2)9-4-3-5-10(6-9)19-11(23)7-24-13-21-20-12(22(13)18)14(15,16)17/h3-6,8H,7,18H2,1-2H3,(H,19,23). The molecule has 0 radical (unpaired) electrons. The summed E-state index contributed by atoms with van der Waals surface area (Å²) in [5.74, 6) is 3.79. The number of nitrogen functional groups attached to an aromatic ring is 1. The summed E-state index contributed by atoms with van der Waals surface area (Å²) in [6.45, 7) is 4.06. The lowest BCUT2D eigenvalue weighted by Gasteiger charge is -2.09. The third-order valence-electron chi connectivity index (χ3n) is 3.09. The predicted octanol–water partition coefficient (Wildman–Crippen LogP) is 2.86. The monoisotopic (exact) mass is 359 g/mol. The average molecular weight is 359 g/mol. The Morgan fingerprint density at radius 2 is 2.08 bits per heavy atom. The molecular weight excluding hydrogens is 343 g/mol. The fourth-order valence-corrected chi connectivity index (χ4v) is 2.53. The second-order valence-electron chi connectivity index (χ2n) is 5.29. The number of hydrogen-bond acceptors (Lipinski definition) is 5. The summed E-state index contributed by atoms with van der Waals surface area (Å²) in [6.07, 6.45) is -4.69. The predicted molar refractivity (Wildman–Crippen MR) is 85.1 cm³/mol. The lowest BCUT2D eigenvalue weighted by molar-refractivity contribution is -0.146. The Bertz CT molecular complexity index is 729. The van der Waals surface area contributed by atoms with E-state index < -0.39 is 12.0 Å². The molecule has 130 valence electrons. The molecule has 1 aromatic heterocycles. The van der Waals surface area contributed by atoms with Crippen molar-refractivity contribution in [3.05, 3.63) is 35.7 Å². The van der Waals surface area contributed by atoms with Gasteiger partial charge in [0.1, 0.15) is 0 Å². The van der Waals surface area contributed by atoms with E-state index in [4.69, 9.17) is 5.84 Å². The van der Waals surface area contributed by atoms with Crippen molar-refractivity contribution in [2.45, 2.75) is 31.1 Å². The zero-order valence-electron chi connectivity index (χ0n) is 13.0. The molecule has 24 heavy (non-hydrogen) atoms.